The fourth-order valence-corrected chi connectivity index (χ4v) is 5.95. The van der Waals surface area contributed by atoms with Gasteiger partial charge in [0.25, 0.3) is 5.91 Å². The van der Waals surface area contributed by atoms with Crippen molar-refractivity contribution in [1.29, 1.82) is 0 Å². The minimum Gasteiger partial charge on any atom is -0.472 e. The third-order valence-corrected chi connectivity index (χ3v) is 7.70. The van der Waals surface area contributed by atoms with Crippen molar-refractivity contribution in [2.45, 2.75) is 38.0 Å². The van der Waals surface area contributed by atoms with E-state index in [2.05, 4.69) is 11.0 Å². The third-order valence-electron chi connectivity index (χ3n) is 6.43. The summed E-state index contributed by atoms with van der Waals surface area (Å²) in [6.07, 6.45) is 2.01. The normalized spacial score (nSPS) is 26.0. The molecule has 0 bridgehead atoms. The summed E-state index contributed by atoms with van der Waals surface area (Å²) < 4.78 is 17.8. The van der Waals surface area contributed by atoms with Gasteiger partial charge in [-0.05, 0) is 36.3 Å². The van der Waals surface area contributed by atoms with Crippen LogP contribution in [0.5, 0.6) is 5.75 Å². The molecule has 2 aromatic carbocycles. The molecule has 154 valence electrons. The van der Waals surface area contributed by atoms with Crippen molar-refractivity contribution in [3.05, 3.63) is 41.5 Å². The number of carbonyl (C=O) groups excluding carboxylic acids is 1. The van der Waals surface area contributed by atoms with Crippen molar-refractivity contribution in [3.63, 3.8) is 0 Å². The summed E-state index contributed by atoms with van der Waals surface area (Å²) in [5.74, 6) is 2.01. The molecule has 29 heavy (non-hydrogen) atoms. The molecular formula is C22H26N2O4S. The summed E-state index contributed by atoms with van der Waals surface area (Å²) in [5, 5.41) is 12.3. The van der Waals surface area contributed by atoms with Gasteiger partial charge in [-0.3, -0.25) is 18.8 Å². The monoisotopic (exact) mass is 414 g/mol. The Balaban J connectivity index is 1.52. The number of nitrogens with zero attached hydrogens (tertiary/aromatic N) is 2. The number of fused-ring (bicyclic) bond motifs is 3. The SMILES string of the molecule is O=C1c2cc(CN3CCS(=O)CC3)c3ccccc3c2OCN1[C@H]1CCC[C@@H]1O. The van der Waals surface area contributed by atoms with E-state index >= 15 is 0 Å². The number of amides is 1. The van der Waals surface area contributed by atoms with Gasteiger partial charge in [-0.1, -0.05) is 24.3 Å². The molecule has 0 spiro atoms. The minimum absolute atomic E-state index is 0.0519. The molecule has 2 fully saturated rings. The molecule has 0 unspecified atom stereocenters. The molecule has 1 N–H and O–H groups in total. The van der Waals surface area contributed by atoms with Crippen LogP contribution in [0.3, 0.4) is 0 Å². The van der Waals surface area contributed by atoms with E-state index in [0.717, 1.165) is 55.2 Å². The Bertz CT molecular complexity index is 969. The van der Waals surface area contributed by atoms with E-state index in [4.69, 9.17) is 4.74 Å². The summed E-state index contributed by atoms with van der Waals surface area (Å²) in [6.45, 7) is 2.53. The summed E-state index contributed by atoms with van der Waals surface area (Å²) >= 11 is 0. The van der Waals surface area contributed by atoms with Gasteiger partial charge in [0.2, 0.25) is 0 Å². The first-order chi connectivity index (χ1) is 14.1. The second kappa shape index (κ2) is 7.70. The maximum absolute atomic E-state index is 13.4. The average molecular weight is 415 g/mol. The van der Waals surface area contributed by atoms with E-state index in [1.165, 1.54) is 0 Å². The third kappa shape index (κ3) is 3.45. The molecule has 2 heterocycles. The van der Waals surface area contributed by atoms with E-state index < -0.39 is 16.9 Å². The molecule has 0 radical (unpaired) electrons. The number of hydrogen-bond donors (Lipinski definition) is 1. The van der Waals surface area contributed by atoms with E-state index in [9.17, 15) is 14.1 Å². The van der Waals surface area contributed by atoms with Gasteiger partial charge in [0, 0.05) is 47.3 Å². The second-order valence-corrected chi connectivity index (χ2v) is 9.89. The first-order valence-electron chi connectivity index (χ1n) is 10.4. The number of aliphatic hydroxyl groups excluding tert-OH is 1. The van der Waals surface area contributed by atoms with Gasteiger partial charge in [-0.2, -0.15) is 0 Å². The average Bonchev–Trinajstić information content (AvgIpc) is 3.16. The Hall–Kier alpha value is -1.96. The number of hydrogen-bond acceptors (Lipinski definition) is 5. The van der Waals surface area contributed by atoms with Gasteiger partial charge >= 0.3 is 0 Å². The summed E-state index contributed by atoms with van der Waals surface area (Å²) in [4.78, 5) is 17.4. The number of rotatable bonds is 3. The Kier molecular flexibility index (Phi) is 5.05. The largest absolute Gasteiger partial charge is 0.472 e. The lowest BCUT2D eigenvalue weighted by atomic mass is 9.97. The van der Waals surface area contributed by atoms with E-state index in [0.29, 0.717) is 22.8 Å². The molecular weight excluding hydrogens is 388 g/mol. The smallest absolute Gasteiger partial charge is 0.260 e. The summed E-state index contributed by atoms with van der Waals surface area (Å²) in [6, 6.07) is 9.87. The molecule has 1 saturated heterocycles. The summed E-state index contributed by atoms with van der Waals surface area (Å²) in [7, 11) is -0.710. The molecule has 1 amide bonds. The number of carbonyl (C=O) groups is 1. The molecule has 0 aromatic heterocycles. The van der Waals surface area contributed by atoms with Gasteiger partial charge in [0.05, 0.1) is 17.7 Å². The number of benzene rings is 2. The highest BCUT2D eigenvalue weighted by atomic mass is 32.2. The number of ether oxygens (including phenoxy) is 1. The molecule has 5 rings (SSSR count). The van der Waals surface area contributed by atoms with Crippen molar-refractivity contribution < 1.29 is 18.8 Å². The Morgan fingerprint density at radius 3 is 2.62 bits per heavy atom. The van der Waals surface area contributed by atoms with Gasteiger partial charge in [-0.15, -0.1) is 0 Å². The maximum atomic E-state index is 13.4. The van der Waals surface area contributed by atoms with Crippen LogP contribution in [0.15, 0.2) is 30.3 Å². The van der Waals surface area contributed by atoms with Crippen LogP contribution in [0.2, 0.25) is 0 Å². The van der Waals surface area contributed by atoms with Crippen molar-refractivity contribution in [2.24, 2.45) is 0 Å². The standard InChI is InChI=1S/C22H26N2O4S/c25-20-7-3-6-19(20)24-14-28-21-17-5-2-1-4-16(17)15(12-18(21)22(24)26)13-23-8-10-29(27)11-9-23/h1-2,4-5,12,19-20,25H,3,6-11,13-14H2/t19-,20-/m0/s1. The Morgan fingerprint density at radius 2 is 1.90 bits per heavy atom. The molecule has 2 aliphatic heterocycles. The highest BCUT2D eigenvalue weighted by Crippen LogP contribution is 2.38. The Morgan fingerprint density at radius 1 is 1.14 bits per heavy atom. The van der Waals surface area contributed by atoms with Crippen molar-refractivity contribution in [3.8, 4) is 5.75 Å². The van der Waals surface area contributed by atoms with Crippen molar-refractivity contribution in [2.75, 3.05) is 31.3 Å². The van der Waals surface area contributed by atoms with Crippen LogP contribution in [-0.4, -0.2) is 68.5 Å². The van der Waals surface area contributed by atoms with Crippen LogP contribution in [-0.2, 0) is 17.3 Å². The van der Waals surface area contributed by atoms with Gasteiger partial charge in [0.15, 0.2) is 6.73 Å². The summed E-state index contributed by atoms with van der Waals surface area (Å²) in [5.41, 5.74) is 1.68. The van der Waals surface area contributed by atoms with E-state index in [-0.39, 0.29) is 18.7 Å². The molecule has 6 nitrogen and oxygen atoms in total. The fraction of sp³-hybridized carbons (Fsp3) is 0.500. The predicted octanol–water partition coefficient (Wildman–Crippen LogP) is 2.11. The van der Waals surface area contributed by atoms with Gasteiger partial charge in [-0.25, -0.2) is 0 Å². The van der Waals surface area contributed by atoms with Gasteiger partial charge in [0.1, 0.15) is 5.75 Å². The topological polar surface area (TPSA) is 70.1 Å². The molecule has 3 aliphatic rings. The minimum atomic E-state index is -0.710. The first-order valence-corrected chi connectivity index (χ1v) is 11.8. The zero-order chi connectivity index (χ0) is 20.0. The predicted molar refractivity (Wildman–Crippen MR) is 112 cm³/mol. The lowest BCUT2D eigenvalue weighted by molar-refractivity contribution is 0.0132. The highest BCUT2D eigenvalue weighted by Gasteiger charge is 2.38. The Labute approximate surface area is 172 Å². The first kappa shape index (κ1) is 19.0. The zero-order valence-electron chi connectivity index (χ0n) is 16.4. The maximum Gasteiger partial charge on any atom is 0.260 e. The van der Waals surface area contributed by atoms with E-state index in [1.54, 1.807) is 4.90 Å². The molecule has 1 aliphatic carbocycles. The van der Waals surface area contributed by atoms with Gasteiger partial charge < -0.3 is 9.84 Å². The van der Waals surface area contributed by atoms with Crippen LogP contribution in [0, 0.1) is 0 Å². The van der Waals surface area contributed by atoms with Crippen molar-refractivity contribution in [1.82, 2.24) is 9.80 Å². The molecule has 2 atom stereocenters. The van der Waals surface area contributed by atoms with Crippen LogP contribution in [0.1, 0.15) is 35.2 Å². The van der Waals surface area contributed by atoms with Crippen LogP contribution < -0.4 is 4.74 Å². The lowest BCUT2D eigenvalue weighted by Crippen LogP contribution is -2.48. The van der Waals surface area contributed by atoms with Crippen LogP contribution >= 0.6 is 0 Å². The number of aliphatic hydroxyl groups is 1. The second-order valence-electron chi connectivity index (χ2n) is 8.20. The van der Waals surface area contributed by atoms with Crippen molar-refractivity contribution >= 4 is 27.5 Å². The van der Waals surface area contributed by atoms with Crippen LogP contribution in [0.4, 0.5) is 0 Å². The van der Waals surface area contributed by atoms with E-state index in [1.807, 2.05) is 24.3 Å². The quantitative estimate of drug-likeness (QED) is 0.833. The van der Waals surface area contributed by atoms with Crippen LogP contribution in [0.25, 0.3) is 10.8 Å². The molecule has 1 saturated carbocycles. The molecule has 2 aromatic rings. The highest BCUT2D eigenvalue weighted by molar-refractivity contribution is 7.85. The zero-order valence-corrected chi connectivity index (χ0v) is 17.2. The lowest BCUT2D eigenvalue weighted by Gasteiger charge is -2.36. The fourth-order valence-electron chi connectivity index (χ4n) is 4.82. The molecule has 7 heteroatoms.